The van der Waals surface area contributed by atoms with Gasteiger partial charge < -0.3 is 5.73 Å². The molecule has 0 heterocycles. The van der Waals surface area contributed by atoms with E-state index in [9.17, 15) is 0 Å². The van der Waals surface area contributed by atoms with Gasteiger partial charge in [0.2, 0.25) is 0 Å². The Bertz CT molecular complexity index is 408. The second-order valence-corrected chi connectivity index (χ2v) is 4.60. The van der Waals surface area contributed by atoms with Crippen LogP contribution in [0, 0.1) is 0 Å². The molecule has 1 nitrogen and oxygen atoms in total. The Morgan fingerprint density at radius 1 is 0.824 bits per heavy atom. The van der Waals surface area contributed by atoms with Crippen molar-refractivity contribution in [1.29, 1.82) is 0 Å². The van der Waals surface area contributed by atoms with E-state index in [1.165, 1.54) is 11.1 Å². The lowest BCUT2D eigenvalue weighted by atomic mass is 9.74. The van der Waals surface area contributed by atoms with Gasteiger partial charge >= 0.3 is 0 Å². The predicted molar refractivity (Wildman–Crippen MR) is 73.0 cm³/mol. The largest absolute Gasteiger partial charge is 0.330 e. The molecule has 0 saturated heterocycles. The van der Waals surface area contributed by atoms with Gasteiger partial charge in [-0.25, -0.2) is 0 Å². The predicted octanol–water partition coefficient (Wildman–Crippen LogP) is 3.34. The molecule has 17 heavy (non-hydrogen) atoms. The van der Waals surface area contributed by atoms with Crippen LogP contribution in [0.4, 0.5) is 0 Å². The Balaban J connectivity index is 2.47. The highest BCUT2D eigenvalue weighted by molar-refractivity contribution is 5.38. The Morgan fingerprint density at radius 2 is 1.24 bits per heavy atom. The summed E-state index contributed by atoms with van der Waals surface area (Å²) in [6, 6.07) is 21.2. The van der Waals surface area contributed by atoms with E-state index in [0.717, 1.165) is 6.42 Å². The quantitative estimate of drug-likeness (QED) is 0.848. The maximum atomic E-state index is 5.79. The standard InChI is InChI=1S/C16H19N/c1-16(12-13-17,14-8-4-2-5-9-14)15-10-6-3-7-11-15/h2-11H,12-13,17H2,1H3. The molecule has 2 N–H and O–H groups in total. The molecule has 88 valence electrons. The average Bonchev–Trinajstić information content (AvgIpc) is 2.41. The van der Waals surface area contributed by atoms with E-state index in [-0.39, 0.29) is 5.41 Å². The third-order valence-corrected chi connectivity index (χ3v) is 3.47. The van der Waals surface area contributed by atoms with Gasteiger partial charge in [-0.15, -0.1) is 0 Å². The first-order valence-corrected chi connectivity index (χ1v) is 6.08. The summed E-state index contributed by atoms with van der Waals surface area (Å²) in [6.07, 6.45) is 0.959. The monoisotopic (exact) mass is 225 g/mol. The van der Waals surface area contributed by atoms with Crippen LogP contribution in [-0.4, -0.2) is 6.54 Å². The van der Waals surface area contributed by atoms with E-state index in [1.807, 2.05) is 0 Å². The number of hydrogen-bond donors (Lipinski definition) is 1. The van der Waals surface area contributed by atoms with Crippen LogP contribution < -0.4 is 5.73 Å². The Morgan fingerprint density at radius 3 is 1.59 bits per heavy atom. The normalized spacial score (nSPS) is 11.4. The topological polar surface area (TPSA) is 26.0 Å². The summed E-state index contributed by atoms with van der Waals surface area (Å²) in [5, 5.41) is 0. The van der Waals surface area contributed by atoms with Crippen LogP contribution >= 0.6 is 0 Å². The highest BCUT2D eigenvalue weighted by Gasteiger charge is 2.27. The zero-order valence-corrected chi connectivity index (χ0v) is 10.3. The van der Waals surface area contributed by atoms with Crippen LogP contribution in [0.1, 0.15) is 24.5 Å². The van der Waals surface area contributed by atoms with E-state index in [4.69, 9.17) is 5.73 Å². The number of nitrogens with two attached hydrogens (primary N) is 1. The SMILES string of the molecule is CC(CCN)(c1ccccc1)c1ccccc1. The smallest absolute Gasteiger partial charge is 0.0186 e. The fraction of sp³-hybridized carbons (Fsp3) is 0.250. The van der Waals surface area contributed by atoms with Crippen molar-refractivity contribution in [2.45, 2.75) is 18.8 Å². The molecule has 0 unspecified atom stereocenters. The fourth-order valence-electron chi connectivity index (χ4n) is 2.36. The molecule has 0 aliphatic heterocycles. The van der Waals surface area contributed by atoms with Gasteiger partial charge in [-0.2, -0.15) is 0 Å². The summed E-state index contributed by atoms with van der Waals surface area (Å²) in [5.74, 6) is 0. The van der Waals surface area contributed by atoms with Crippen LogP contribution in [0.2, 0.25) is 0 Å². The van der Waals surface area contributed by atoms with E-state index >= 15 is 0 Å². The molecular formula is C16H19N. The van der Waals surface area contributed by atoms with Crippen molar-refractivity contribution in [1.82, 2.24) is 0 Å². The molecule has 0 aliphatic rings. The minimum Gasteiger partial charge on any atom is -0.330 e. The van der Waals surface area contributed by atoms with Gasteiger partial charge in [-0.1, -0.05) is 67.6 Å². The van der Waals surface area contributed by atoms with Gasteiger partial charge in [0.1, 0.15) is 0 Å². The Labute approximate surface area is 103 Å². The molecule has 2 aromatic carbocycles. The van der Waals surface area contributed by atoms with Crippen LogP contribution in [0.15, 0.2) is 60.7 Å². The molecular weight excluding hydrogens is 206 g/mol. The summed E-state index contributed by atoms with van der Waals surface area (Å²) in [6.45, 7) is 2.96. The highest BCUT2D eigenvalue weighted by atomic mass is 14.5. The molecule has 0 atom stereocenters. The van der Waals surface area contributed by atoms with Gasteiger partial charge in [0.05, 0.1) is 0 Å². The Kier molecular flexibility index (Phi) is 3.60. The second-order valence-electron chi connectivity index (χ2n) is 4.60. The Hall–Kier alpha value is -1.60. The van der Waals surface area contributed by atoms with Crippen molar-refractivity contribution in [3.05, 3.63) is 71.8 Å². The molecule has 0 aliphatic carbocycles. The van der Waals surface area contributed by atoms with Crippen LogP contribution in [0.25, 0.3) is 0 Å². The molecule has 2 rings (SSSR count). The van der Waals surface area contributed by atoms with Crippen molar-refractivity contribution in [3.63, 3.8) is 0 Å². The van der Waals surface area contributed by atoms with Gasteiger partial charge in [0.15, 0.2) is 0 Å². The maximum Gasteiger partial charge on any atom is 0.0186 e. The first kappa shape index (κ1) is 11.9. The molecule has 0 amide bonds. The van der Waals surface area contributed by atoms with Gasteiger partial charge in [-0.3, -0.25) is 0 Å². The zero-order valence-electron chi connectivity index (χ0n) is 10.3. The summed E-state index contributed by atoms with van der Waals surface area (Å²) < 4.78 is 0. The highest BCUT2D eigenvalue weighted by Crippen LogP contribution is 2.34. The minimum atomic E-state index is 0.0112. The molecule has 0 radical (unpaired) electrons. The lowest BCUT2D eigenvalue weighted by molar-refractivity contribution is 0.528. The molecule has 2 aromatic rings. The first-order valence-electron chi connectivity index (χ1n) is 6.08. The third kappa shape index (κ3) is 2.40. The van der Waals surface area contributed by atoms with Gasteiger partial charge in [0, 0.05) is 5.41 Å². The zero-order chi connectivity index (χ0) is 12.1. The lowest BCUT2D eigenvalue weighted by Crippen LogP contribution is -2.27. The number of hydrogen-bond acceptors (Lipinski definition) is 1. The second kappa shape index (κ2) is 5.15. The summed E-state index contributed by atoms with van der Waals surface area (Å²) in [7, 11) is 0. The summed E-state index contributed by atoms with van der Waals surface area (Å²) >= 11 is 0. The molecule has 0 aromatic heterocycles. The van der Waals surface area contributed by atoms with Crippen molar-refractivity contribution < 1.29 is 0 Å². The summed E-state index contributed by atoms with van der Waals surface area (Å²) in [4.78, 5) is 0. The molecule has 0 bridgehead atoms. The number of benzene rings is 2. The van der Waals surface area contributed by atoms with Gasteiger partial charge in [0.25, 0.3) is 0 Å². The van der Waals surface area contributed by atoms with E-state index in [2.05, 4.69) is 67.6 Å². The first-order chi connectivity index (χ1) is 8.27. The molecule has 0 saturated carbocycles. The van der Waals surface area contributed by atoms with Crippen LogP contribution in [0.5, 0.6) is 0 Å². The average molecular weight is 225 g/mol. The van der Waals surface area contributed by atoms with Crippen molar-refractivity contribution in [2.24, 2.45) is 5.73 Å². The number of rotatable bonds is 4. The van der Waals surface area contributed by atoms with E-state index in [1.54, 1.807) is 0 Å². The summed E-state index contributed by atoms with van der Waals surface area (Å²) in [5.41, 5.74) is 8.46. The van der Waals surface area contributed by atoms with Crippen LogP contribution in [0.3, 0.4) is 0 Å². The van der Waals surface area contributed by atoms with E-state index in [0.29, 0.717) is 6.54 Å². The molecule has 1 heteroatoms. The van der Waals surface area contributed by atoms with Crippen molar-refractivity contribution >= 4 is 0 Å². The minimum absolute atomic E-state index is 0.0112. The van der Waals surface area contributed by atoms with Crippen LogP contribution in [-0.2, 0) is 5.41 Å². The fourth-order valence-corrected chi connectivity index (χ4v) is 2.36. The van der Waals surface area contributed by atoms with E-state index < -0.39 is 0 Å². The third-order valence-electron chi connectivity index (χ3n) is 3.47. The maximum absolute atomic E-state index is 5.79. The van der Waals surface area contributed by atoms with Crippen molar-refractivity contribution in [3.8, 4) is 0 Å². The van der Waals surface area contributed by atoms with Gasteiger partial charge in [-0.05, 0) is 24.1 Å². The molecule has 0 fully saturated rings. The van der Waals surface area contributed by atoms with Crippen molar-refractivity contribution in [2.75, 3.05) is 6.54 Å². The lowest BCUT2D eigenvalue weighted by Gasteiger charge is -2.30. The molecule has 0 spiro atoms.